The summed E-state index contributed by atoms with van der Waals surface area (Å²) in [6, 6.07) is 0. The molecule has 1 N–H and O–H groups in total. The van der Waals surface area contributed by atoms with E-state index in [0.29, 0.717) is 12.0 Å². The molecule has 0 saturated heterocycles. The molecule has 1 heteroatoms. The van der Waals surface area contributed by atoms with Crippen LogP contribution >= 0.6 is 0 Å². The van der Waals surface area contributed by atoms with Crippen LogP contribution in [0, 0.1) is 5.41 Å². The fourth-order valence-corrected chi connectivity index (χ4v) is 1.81. The first-order chi connectivity index (χ1) is 5.14. The van der Waals surface area contributed by atoms with Gasteiger partial charge in [-0.1, -0.05) is 25.5 Å². The Labute approximate surface area is 69.1 Å². The van der Waals surface area contributed by atoms with Crippen LogP contribution in [0.25, 0.3) is 0 Å². The highest BCUT2D eigenvalue weighted by Gasteiger charge is 2.19. The lowest BCUT2D eigenvalue weighted by Crippen LogP contribution is -2.13. The van der Waals surface area contributed by atoms with E-state index in [4.69, 9.17) is 5.11 Å². The van der Waals surface area contributed by atoms with Gasteiger partial charge in [-0.3, -0.25) is 0 Å². The molecular weight excluding hydrogens is 136 g/mol. The molecule has 0 radical (unpaired) electrons. The van der Waals surface area contributed by atoms with E-state index < -0.39 is 0 Å². The number of rotatable bonds is 2. The third-order valence-corrected chi connectivity index (χ3v) is 2.35. The molecule has 0 spiro atoms. The minimum atomic E-state index is 0.307. The maximum absolute atomic E-state index is 8.75. The molecule has 0 aromatic rings. The van der Waals surface area contributed by atoms with Gasteiger partial charge in [-0.05, 0) is 31.1 Å². The molecule has 0 amide bonds. The van der Waals surface area contributed by atoms with Crippen LogP contribution in [0.1, 0.15) is 39.5 Å². The van der Waals surface area contributed by atoms with Crippen molar-refractivity contribution in [1.29, 1.82) is 0 Å². The molecule has 0 heterocycles. The summed E-state index contributed by atoms with van der Waals surface area (Å²) in [4.78, 5) is 0. The maximum atomic E-state index is 8.75. The van der Waals surface area contributed by atoms with Crippen LogP contribution in [0.15, 0.2) is 11.6 Å². The Morgan fingerprint density at radius 3 is 2.82 bits per heavy atom. The predicted molar refractivity (Wildman–Crippen MR) is 47.4 cm³/mol. The fraction of sp³-hybridized carbons (Fsp3) is 0.800. The third-order valence-electron chi connectivity index (χ3n) is 2.35. The zero-order valence-corrected chi connectivity index (χ0v) is 7.56. The number of allylic oxidation sites excluding steroid dienone is 1. The van der Waals surface area contributed by atoms with Crippen molar-refractivity contribution in [2.75, 3.05) is 6.61 Å². The first kappa shape index (κ1) is 8.79. The zero-order valence-electron chi connectivity index (χ0n) is 7.56. The van der Waals surface area contributed by atoms with Crippen LogP contribution in [0.4, 0.5) is 0 Å². The summed E-state index contributed by atoms with van der Waals surface area (Å²) in [5.41, 5.74) is 1.83. The SMILES string of the molecule is CC1(C)C=C(CCO)CCC1. The van der Waals surface area contributed by atoms with Gasteiger partial charge in [-0.25, -0.2) is 0 Å². The van der Waals surface area contributed by atoms with E-state index in [9.17, 15) is 0 Å². The molecule has 0 aromatic carbocycles. The third kappa shape index (κ3) is 2.66. The van der Waals surface area contributed by atoms with Crippen molar-refractivity contribution in [1.82, 2.24) is 0 Å². The fourth-order valence-electron chi connectivity index (χ4n) is 1.81. The van der Waals surface area contributed by atoms with Crippen LogP contribution in [-0.4, -0.2) is 11.7 Å². The van der Waals surface area contributed by atoms with Gasteiger partial charge in [0.05, 0.1) is 0 Å². The van der Waals surface area contributed by atoms with Crippen molar-refractivity contribution in [2.24, 2.45) is 5.41 Å². The van der Waals surface area contributed by atoms with E-state index in [1.54, 1.807) is 0 Å². The van der Waals surface area contributed by atoms with Gasteiger partial charge in [0, 0.05) is 6.61 Å². The molecule has 0 unspecified atom stereocenters. The van der Waals surface area contributed by atoms with Crippen molar-refractivity contribution >= 4 is 0 Å². The van der Waals surface area contributed by atoms with Crippen LogP contribution in [-0.2, 0) is 0 Å². The molecule has 0 atom stereocenters. The number of hydrogen-bond acceptors (Lipinski definition) is 1. The molecule has 1 rings (SSSR count). The van der Waals surface area contributed by atoms with E-state index in [-0.39, 0.29) is 0 Å². The van der Waals surface area contributed by atoms with Crippen LogP contribution in [0.5, 0.6) is 0 Å². The largest absolute Gasteiger partial charge is 0.396 e. The van der Waals surface area contributed by atoms with E-state index in [1.807, 2.05) is 0 Å². The molecule has 0 saturated carbocycles. The Kier molecular flexibility index (Phi) is 2.72. The molecule has 64 valence electrons. The van der Waals surface area contributed by atoms with Gasteiger partial charge in [-0.15, -0.1) is 0 Å². The van der Waals surface area contributed by atoms with Gasteiger partial charge in [0.25, 0.3) is 0 Å². The van der Waals surface area contributed by atoms with Crippen LogP contribution < -0.4 is 0 Å². The van der Waals surface area contributed by atoms with Crippen molar-refractivity contribution in [3.05, 3.63) is 11.6 Å². The van der Waals surface area contributed by atoms with Gasteiger partial charge in [-0.2, -0.15) is 0 Å². The summed E-state index contributed by atoms with van der Waals surface area (Å²) in [6.07, 6.45) is 7.00. The number of aliphatic hydroxyl groups is 1. The number of aliphatic hydroxyl groups excluding tert-OH is 1. The Morgan fingerprint density at radius 1 is 1.55 bits per heavy atom. The standard InChI is InChI=1S/C10H18O/c1-10(2)6-3-4-9(8-10)5-7-11/h8,11H,3-7H2,1-2H3. The molecule has 1 nitrogen and oxygen atoms in total. The minimum Gasteiger partial charge on any atom is -0.396 e. The van der Waals surface area contributed by atoms with Gasteiger partial charge in [0.15, 0.2) is 0 Å². The quantitative estimate of drug-likeness (QED) is 0.606. The molecular formula is C10H18O. The summed E-state index contributed by atoms with van der Waals surface area (Å²) in [5, 5.41) is 8.75. The van der Waals surface area contributed by atoms with E-state index >= 15 is 0 Å². The first-order valence-electron chi connectivity index (χ1n) is 4.45. The van der Waals surface area contributed by atoms with Crippen LogP contribution in [0.3, 0.4) is 0 Å². The predicted octanol–water partition coefficient (Wildman–Crippen LogP) is 2.51. The maximum Gasteiger partial charge on any atom is 0.0468 e. The van der Waals surface area contributed by atoms with Crippen LogP contribution in [0.2, 0.25) is 0 Å². The second-order valence-electron chi connectivity index (χ2n) is 4.12. The summed E-state index contributed by atoms with van der Waals surface area (Å²) in [5.74, 6) is 0. The monoisotopic (exact) mass is 154 g/mol. The molecule has 1 aliphatic carbocycles. The van der Waals surface area contributed by atoms with Gasteiger partial charge < -0.3 is 5.11 Å². The first-order valence-corrected chi connectivity index (χ1v) is 4.45. The van der Waals surface area contributed by atoms with Crippen molar-refractivity contribution < 1.29 is 5.11 Å². The van der Waals surface area contributed by atoms with Gasteiger partial charge in [0.2, 0.25) is 0 Å². The highest BCUT2D eigenvalue weighted by Crippen LogP contribution is 2.33. The minimum absolute atomic E-state index is 0.307. The molecule has 0 aliphatic heterocycles. The van der Waals surface area contributed by atoms with Crippen molar-refractivity contribution in [2.45, 2.75) is 39.5 Å². The number of hydrogen-bond donors (Lipinski definition) is 1. The van der Waals surface area contributed by atoms with Crippen molar-refractivity contribution in [3.63, 3.8) is 0 Å². The Morgan fingerprint density at radius 2 is 2.27 bits per heavy atom. The van der Waals surface area contributed by atoms with Gasteiger partial charge in [0.1, 0.15) is 0 Å². The normalized spacial score (nSPS) is 23.0. The Bertz CT molecular complexity index is 156. The molecule has 0 bridgehead atoms. The smallest absolute Gasteiger partial charge is 0.0468 e. The van der Waals surface area contributed by atoms with E-state index in [0.717, 1.165) is 6.42 Å². The average molecular weight is 154 g/mol. The summed E-state index contributed by atoms with van der Waals surface area (Å²) in [6.45, 7) is 4.84. The highest BCUT2D eigenvalue weighted by molar-refractivity contribution is 5.11. The zero-order chi connectivity index (χ0) is 8.32. The molecule has 0 fully saturated rings. The second kappa shape index (κ2) is 3.40. The lowest BCUT2D eigenvalue weighted by molar-refractivity contribution is 0.292. The summed E-state index contributed by atoms with van der Waals surface area (Å²) in [7, 11) is 0. The Hall–Kier alpha value is -0.300. The van der Waals surface area contributed by atoms with Gasteiger partial charge >= 0.3 is 0 Å². The topological polar surface area (TPSA) is 20.2 Å². The summed E-state index contributed by atoms with van der Waals surface area (Å²) >= 11 is 0. The van der Waals surface area contributed by atoms with E-state index in [2.05, 4.69) is 19.9 Å². The molecule has 0 aromatic heterocycles. The molecule has 11 heavy (non-hydrogen) atoms. The second-order valence-corrected chi connectivity index (χ2v) is 4.12. The molecule has 1 aliphatic rings. The summed E-state index contributed by atoms with van der Waals surface area (Å²) < 4.78 is 0. The van der Waals surface area contributed by atoms with Crippen molar-refractivity contribution in [3.8, 4) is 0 Å². The lowest BCUT2D eigenvalue weighted by atomic mass is 9.79. The Balaban J connectivity index is 2.57. The highest BCUT2D eigenvalue weighted by atomic mass is 16.2. The average Bonchev–Trinajstić information content (AvgIpc) is 1.85. The van der Waals surface area contributed by atoms with E-state index in [1.165, 1.54) is 24.8 Å². The lowest BCUT2D eigenvalue weighted by Gasteiger charge is -2.27.